The number of hydrogen-bond donors (Lipinski definition) is 0. The SMILES string of the molecule is Cc1cc(C)cc(CS(=O)C(C)C(=O)c2ccc(Cl)s2)c1. The minimum Gasteiger partial charge on any atom is -0.292 e. The van der Waals surface area contributed by atoms with Crippen molar-refractivity contribution in [2.75, 3.05) is 0 Å². The van der Waals surface area contributed by atoms with E-state index in [1.54, 1.807) is 19.1 Å². The molecule has 5 heteroatoms. The standard InChI is InChI=1S/C16H17ClO2S2/c1-10-6-11(2)8-13(7-10)9-21(19)12(3)16(18)14-4-5-15(17)20-14/h4-8,12H,9H2,1-3H3. The van der Waals surface area contributed by atoms with Crippen LogP contribution in [0.4, 0.5) is 0 Å². The molecule has 0 aliphatic carbocycles. The predicted molar refractivity (Wildman–Crippen MR) is 90.9 cm³/mol. The minimum atomic E-state index is -1.24. The Morgan fingerprint density at radius 1 is 1.24 bits per heavy atom. The average molecular weight is 341 g/mol. The molecule has 1 aromatic carbocycles. The summed E-state index contributed by atoms with van der Waals surface area (Å²) in [4.78, 5) is 12.9. The summed E-state index contributed by atoms with van der Waals surface area (Å²) in [5, 5.41) is -0.527. The first-order chi connectivity index (χ1) is 9.86. The molecule has 0 aliphatic heterocycles. The second kappa shape index (κ2) is 6.86. The fourth-order valence-corrected chi connectivity index (χ4v) is 4.47. The molecule has 0 saturated heterocycles. The van der Waals surface area contributed by atoms with Gasteiger partial charge in [0.1, 0.15) is 0 Å². The molecule has 2 unspecified atom stereocenters. The van der Waals surface area contributed by atoms with Crippen molar-refractivity contribution < 1.29 is 9.00 Å². The summed E-state index contributed by atoms with van der Waals surface area (Å²) in [6, 6.07) is 9.50. The minimum absolute atomic E-state index is 0.102. The zero-order chi connectivity index (χ0) is 15.6. The summed E-state index contributed by atoms with van der Waals surface area (Å²) >= 11 is 7.08. The van der Waals surface area contributed by atoms with Crippen LogP contribution in [0.25, 0.3) is 0 Å². The van der Waals surface area contributed by atoms with Crippen LogP contribution in [0.5, 0.6) is 0 Å². The Labute approximate surface area is 136 Å². The van der Waals surface area contributed by atoms with E-state index in [0.717, 1.165) is 16.7 Å². The number of ketones is 1. The Bertz CT molecular complexity index is 671. The van der Waals surface area contributed by atoms with E-state index in [-0.39, 0.29) is 5.78 Å². The molecule has 1 heterocycles. The van der Waals surface area contributed by atoms with Crippen LogP contribution in [-0.4, -0.2) is 15.2 Å². The Kier molecular flexibility index (Phi) is 5.36. The molecule has 0 bridgehead atoms. The molecule has 0 N–H and O–H groups in total. The van der Waals surface area contributed by atoms with Gasteiger partial charge in [-0.25, -0.2) is 0 Å². The third kappa shape index (κ3) is 4.25. The van der Waals surface area contributed by atoms with Gasteiger partial charge in [-0.05, 0) is 38.5 Å². The number of carbonyl (C=O) groups is 1. The summed E-state index contributed by atoms with van der Waals surface area (Å²) < 4.78 is 13.0. The van der Waals surface area contributed by atoms with E-state index < -0.39 is 16.0 Å². The first-order valence-electron chi connectivity index (χ1n) is 6.60. The van der Waals surface area contributed by atoms with Crippen LogP contribution in [0.15, 0.2) is 30.3 Å². The molecule has 0 saturated carbocycles. The number of hydrogen-bond acceptors (Lipinski definition) is 3. The number of halogens is 1. The first-order valence-corrected chi connectivity index (χ1v) is 9.18. The van der Waals surface area contributed by atoms with Crippen molar-refractivity contribution in [1.29, 1.82) is 0 Å². The lowest BCUT2D eigenvalue weighted by molar-refractivity contribution is 0.0996. The van der Waals surface area contributed by atoms with Crippen LogP contribution in [0, 0.1) is 13.8 Å². The molecule has 112 valence electrons. The van der Waals surface area contributed by atoms with E-state index in [1.807, 2.05) is 26.0 Å². The van der Waals surface area contributed by atoms with E-state index in [2.05, 4.69) is 6.07 Å². The molecular formula is C16H17ClO2S2. The predicted octanol–water partition coefficient (Wildman–Crippen LogP) is 4.54. The highest BCUT2D eigenvalue weighted by atomic mass is 35.5. The van der Waals surface area contributed by atoms with Crippen LogP contribution in [0.2, 0.25) is 4.34 Å². The van der Waals surface area contributed by atoms with Gasteiger partial charge in [0.15, 0.2) is 5.78 Å². The van der Waals surface area contributed by atoms with Crippen LogP contribution in [0.3, 0.4) is 0 Å². The number of aryl methyl sites for hydroxylation is 2. The smallest absolute Gasteiger partial charge is 0.188 e. The van der Waals surface area contributed by atoms with Gasteiger partial charge in [-0.2, -0.15) is 0 Å². The Balaban J connectivity index is 2.10. The molecule has 1 aromatic heterocycles. The van der Waals surface area contributed by atoms with Crippen LogP contribution < -0.4 is 0 Å². The van der Waals surface area contributed by atoms with E-state index in [9.17, 15) is 9.00 Å². The van der Waals surface area contributed by atoms with Crippen molar-refractivity contribution in [1.82, 2.24) is 0 Å². The normalized spacial score (nSPS) is 13.9. The number of Topliss-reactive ketones (excluding diaryl/α,β-unsaturated/α-hetero) is 1. The number of carbonyl (C=O) groups excluding carboxylic acids is 1. The van der Waals surface area contributed by atoms with E-state index in [0.29, 0.717) is 15.0 Å². The zero-order valence-electron chi connectivity index (χ0n) is 12.2. The van der Waals surface area contributed by atoms with Gasteiger partial charge in [-0.1, -0.05) is 40.9 Å². The number of thiophene rings is 1. The fourth-order valence-electron chi connectivity index (χ4n) is 2.21. The Hall–Kier alpha value is -0.970. The maximum Gasteiger partial charge on any atom is 0.188 e. The van der Waals surface area contributed by atoms with Gasteiger partial charge in [-0.15, -0.1) is 11.3 Å². The van der Waals surface area contributed by atoms with Gasteiger partial charge in [0, 0.05) is 16.6 Å². The molecule has 21 heavy (non-hydrogen) atoms. The van der Waals surface area contributed by atoms with Crippen molar-refractivity contribution in [3.63, 3.8) is 0 Å². The molecule has 2 atom stereocenters. The molecule has 2 aromatic rings. The Morgan fingerprint density at radius 3 is 2.38 bits per heavy atom. The molecule has 0 spiro atoms. The van der Waals surface area contributed by atoms with E-state index in [1.165, 1.54) is 11.3 Å². The monoisotopic (exact) mass is 340 g/mol. The number of rotatable bonds is 5. The third-order valence-corrected chi connectivity index (χ3v) is 6.04. The van der Waals surface area contributed by atoms with Crippen LogP contribution >= 0.6 is 22.9 Å². The van der Waals surface area contributed by atoms with Crippen molar-refractivity contribution in [2.24, 2.45) is 0 Å². The Morgan fingerprint density at radius 2 is 1.86 bits per heavy atom. The van der Waals surface area contributed by atoms with Gasteiger partial charge >= 0.3 is 0 Å². The molecule has 0 aliphatic rings. The zero-order valence-corrected chi connectivity index (χ0v) is 14.6. The quantitative estimate of drug-likeness (QED) is 0.749. The lowest BCUT2D eigenvalue weighted by Crippen LogP contribution is -2.23. The highest BCUT2D eigenvalue weighted by Gasteiger charge is 2.23. The summed E-state index contributed by atoms with van der Waals surface area (Å²) in [5.74, 6) is 0.295. The highest BCUT2D eigenvalue weighted by Crippen LogP contribution is 2.24. The maximum absolute atomic E-state index is 12.4. The number of benzene rings is 1. The molecule has 2 nitrogen and oxygen atoms in total. The first kappa shape index (κ1) is 16.4. The molecular weight excluding hydrogens is 324 g/mol. The van der Waals surface area contributed by atoms with Crippen LogP contribution in [-0.2, 0) is 16.6 Å². The lowest BCUT2D eigenvalue weighted by Gasteiger charge is -2.10. The van der Waals surface area contributed by atoms with Gasteiger partial charge in [0.05, 0.1) is 14.5 Å². The maximum atomic E-state index is 12.4. The third-order valence-electron chi connectivity index (χ3n) is 3.17. The summed E-state index contributed by atoms with van der Waals surface area (Å²) in [7, 11) is -1.24. The summed E-state index contributed by atoms with van der Waals surface area (Å²) in [5.41, 5.74) is 3.30. The fraction of sp³-hybridized carbons (Fsp3) is 0.312. The van der Waals surface area contributed by atoms with Gasteiger partial charge in [-0.3, -0.25) is 9.00 Å². The van der Waals surface area contributed by atoms with E-state index in [4.69, 9.17) is 11.6 Å². The highest BCUT2D eigenvalue weighted by molar-refractivity contribution is 7.85. The second-order valence-corrected chi connectivity index (χ2v) is 8.60. The van der Waals surface area contributed by atoms with E-state index >= 15 is 0 Å². The van der Waals surface area contributed by atoms with Crippen LogP contribution in [0.1, 0.15) is 33.3 Å². The van der Waals surface area contributed by atoms with Crippen molar-refractivity contribution in [3.05, 3.63) is 56.2 Å². The van der Waals surface area contributed by atoms with Gasteiger partial charge < -0.3 is 0 Å². The van der Waals surface area contributed by atoms with Gasteiger partial charge in [0.25, 0.3) is 0 Å². The van der Waals surface area contributed by atoms with Gasteiger partial charge in [0.2, 0.25) is 0 Å². The molecule has 0 fully saturated rings. The summed E-state index contributed by atoms with van der Waals surface area (Å²) in [6.45, 7) is 5.75. The lowest BCUT2D eigenvalue weighted by atomic mass is 10.1. The average Bonchev–Trinajstić information content (AvgIpc) is 2.82. The molecule has 0 amide bonds. The van der Waals surface area contributed by atoms with Crippen molar-refractivity contribution in [2.45, 2.75) is 31.8 Å². The van der Waals surface area contributed by atoms with Crippen molar-refractivity contribution >= 4 is 39.5 Å². The summed E-state index contributed by atoms with van der Waals surface area (Å²) in [6.07, 6.45) is 0. The largest absolute Gasteiger partial charge is 0.292 e. The second-order valence-electron chi connectivity index (χ2n) is 5.13. The molecule has 0 radical (unpaired) electrons. The van der Waals surface area contributed by atoms with Crippen molar-refractivity contribution in [3.8, 4) is 0 Å². The topological polar surface area (TPSA) is 34.1 Å². The molecule has 2 rings (SSSR count).